The first-order valence-corrected chi connectivity index (χ1v) is 6.00. The average Bonchev–Trinajstić information content (AvgIpc) is 2.68. The molecule has 1 N–H and O–H groups in total. The van der Waals surface area contributed by atoms with Crippen LogP contribution in [0.25, 0.3) is 0 Å². The molecule has 1 fully saturated rings. The van der Waals surface area contributed by atoms with Gasteiger partial charge in [-0.05, 0) is 32.3 Å². The van der Waals surface area contributed by atoms with E-state index in [1.165, 1.54) is 11.1 Å². The summed E-state index contributed by atoms with van der Waals surface area (Å²) in [7, 11) is 0. The molecule has 2 heteroatoms. The number of aryl methyl sites for hydroxylation is 1. The first-order valence-electron chi connectivity index (χ1n) is 6.00. The fourth-order valence-electron chi connectivity index (χ4n) is 2.25. The molecule has 0 saturated carbocycles. The van der Waals surface area contributed by atoms with Crippen LogP contribution in [0.2, 0.25) is 0 Å². The fraction of sp³-hybridized carbons (Fsp3) is 0.571. The number of aliphatic hydroxyl groups is 1. The summed E-state index contributed by atoms with van der Waals surface area (Å²) in [6.45, 7) is 4.85. The van der Waals surface area contributed by atoms with Crippen LogP contribution in [0.5, 0.6) is 0 Å². The van der Waals surface area contributed by atoms with Gasteiger partial charge in [0.05, 0.1) is 18.8 Å². The molecule has 1 saturated heterocycles. The molecule has 2 rings (SSSR count). The number of aliphatic hydroxyl groups excluding tert-OH is 1. The summed E-state index contributed by atoms with van der Waals surface area (Å²) in [6.07, 6.45) is 1.75. The second-order valence-corrected chi connectivity index (χ2v) is 4.90. The summed E-state index contributed by atoms with van der Waals surface area (Å²) in [5.74, 6) is 0.302. The molecular formula is C14H20O2. The molecule has 1 aromatic rings. The van der Waals surface area contributed by atoms with Crippen LogP contribution in [0.1, 0.15) is 24.5 Å². The molecule has 3 unspecified atom stereocenters. The zero-order valence-electron chi connectivity index (χ0n) is 10.0. The topological polar surface area (TPSA) is 29.5 Å². The second kappa shape index (κ2) is 4.98. The largest absolute Gasteiger partial charge is 0.392 e. The summed E-state index contributed by atoms with van der Waals surface area (Å²) in [4.78, 5) is 0. The first-order chi connectivity index (χ1) is 7.65. The third kappa shape index (κ3) is 2.83. The minimum atomic E-state index is -0.271. The maximum atomic E-state index is 10.1. The first kappa shape index (κ1) is 11.6. The summed E-state index contributed by atoms with van der Waals surface area (Å²) in [6, 6.07) is 8.38. The Kier molecular flexibility index (Phi) is 3.62. The van der Waals surface area contributed by atoms with Gasteiger partial charge in [0.15, 0.2) is 0 Å². The lowest BCUT2D eigenvalue weighted by molar-refractivity contribution is 0.0807. The molecule has 16 heavy (non-hydrogen) atoms. The number of ether oxygens (including phenoxy) is 1. The van der Waals surface area contributed by atoms with Crippen molar-refractivity contribution in [3.8, 4) is 0 Å². The van der Waals surface area contributed by atoms with E-state index < -0.39 is 0 Å². The highest BCUT2D eigenvalue weighted by Gasteiger charge is 2.28. The highest BCUT2D eigenvalue weighted by Crippen LogP contribution is 2.24. The van der Waals surface area contributed by atoms with Crippen molar-refractivity contribution in [2.75, 3.05) is 6.61 Å². The smallest absolute Gasteiger partial charge is 0.0631 e. The molecule has 1 heterocycles. The van der Waals surface area contributed by atoms with E-state index in [9.17, 15) is 5.11 Å². The van der Waals surface area contributed by atoms with Gasteiger partial charge in [-0.15, -0.1) is 0 Å². The van der Waals surface area contributed by atoms with Crippen LogP contribution >= 0.6 is 0 Å². The van der Waals surface area contributed by atoms with Crippen molar-refractivity contribution in [2.24, 2.45) is 5.92 Å². The Bertz CT molecular complexity index is 331. The van der Waals surface area contributed by atoms with Gasteiger partial charge in [-0.1, -0.05) is 29.8 Å². The quantitative estimate of drug-likeness (QED) is 0.847. The van der Waals surface area contributed by atoms with Gasteiger partial charge in [-0.25, -0.2) is 0 Å². The molecule has 3 atom stereocenters. The Morgan fingerprint density at radius 1 is 1.38 bits per heavy atom. The predicted molar refractivity (Wildman–Crippen MR) is 64.4 cm³/mol. The van der Waals surface area contributed by atoms with Crippen molar-refractivity contribution in [1.29, 1.82) is 0 Å². The lowest BCUT2D eigenvalue weighted by Crippen LogP contribution is -2.23. The highest BCUT2D eigenvalue weighted by atomic mass is 16.5. The van der Waals surface area contributed by atoms with Crippen LogP contribution in [0.3, 0.4) is 0 Å². The van der Waals surface area contributed by atoms with Crippen LogP contribution in [0.4, 0.5) is 0 Å². The van der Waals surface area contributed by atoms with Gasteiger partial charge in [0.25, 0.3) is 0 Å². The van der Waals surface area contributed by atoms with E-state index >= 15 is 0 Å². The van der Waals surface area contributed by atoms with Crippen molar-refractivity contribution in [3.05, 3.63) is 35.4 Å². The molecule has 1 aromatic carbocycles. The molecule has 0 bridgehead atoms. The number of benzene rings is 1. The zero-order valence-corrected chi connectivity index (χ0v) is 10.0. The minimum Gasteiger partial charge on any atom is -0.392 e. The Morgan fingerprint density at radius 3 is 2.62 bits per heavy atom. The predicted octanol–water partition coefficient (Wildman–Crippen LogP) is 2.32. The van der Waals surface area contributed by atoms with E-state index in [0.717, 1.165) is 12.8 Å². The van der Waals surface area contributed by atoms with Crippen LogP contribution < -0.4 is 0 Å². The van der Waals surface area contributed by atoms with E-state index in [1.54, 1.807) is 0 Å². The Morgan fingerprint density at radius 2 is 2.06 bits per heavy atom. The molecular weight excluding hydrogens is 200 g/mol. The maximum absolute atomic E-state index is 10.1. The van der Waals surface area contributed by atoms with Gasteiger partial charge in [0.2, 0.25) is 0 Å². The summed E-state index contributed by atoms with van der Waals surface area (Å²) >= 11 is 0. The monoisotopic (exact) mass is 220 g/mol. The Balaban J connectivity index is 1.91. The molecule has 0 amide bonds. The average molecular weight is 220 g/mol. The van der Waals surface area contributed by atoms with E-state index in [-0.39, 0.29) is 6.10 Å². The fourth-order valence-corrected chi connectivity index (χ4v) is 2.25. The van der Waals surface area contributed by atoms with Gasteiger partial charge in [-0.2, -0.15) is 0 Å². The van der Waals surface area contributed by atoms with Crippen LogP contribution in [0, 0.1) is 12.8 Å². The van der Waals surface area contributed by atoms with Crippen molar-refractivity contribution >= 4 is 0 Å². The minimum absolute atomic E-state index is 0.271. The van der Waals surface area contributed by atoms with Crippen molar-refractivity contribution in [3.63, 3.8) is 0 Å². The standard InChI is InChI=1S/C14H20O2/c1-10-3-5-12(6-4-10)8-14(15)13-7-11(2)16-9-13/h3-6,11,13-15H,7-9H2,1-2H3. The lowest BCUT2D eigenvalue weighted by Gasteiger charge is -2.16. The van der Waals surface area contributed by atoms with Crippen molar-refractivity contribution in [1.82, 2.24) is 0 Å². The van der Waals surface area contributed by atoms with Gasteiger partial charge in [0.1, 0.15) is 0 Å². The van der Waals surface area contributed by atoms with Crippen LogP contribution in [-0.4, -0.2) is 23.9 Å². The van der Waals surface area contributed by atoms with Gasteiger partial charge >= 0.3 is 0 Å². The number of hydrogen-bond donors (Lipinski definition) is 1. The molecule has 1 aliphatic rings. The summed E-state index contributed by atoms with van der Waals surface area (Å²) < 4.78 is 5.48. The Labute approximate surface area is 97.3 Å². The molecule has 88 valence electrons. The highest BCUT2D eigenvalue weighted by molar-refractivity contribution is 5.21. The van der Waals surface area contributed by atoms with E-state index in [2.05, 4.69) is 38.1 Å². The van der Waals surface area contributed by atoms with Crippen molar-refractivity contribution in [2.45, 2.75) is 38.9 Å². The van der Waals surface area contributed by atoms with Gasteiger partial charge in [0, 0.05) is 5.92 Å². The number of hydrogen-bond acceptors (Lipinski definition) is 2. The van der Waals surface area contributed by atoms with Crippen LogP contribution in [0.15, 0.2) is 24.3 Å². The SMILES string of the molecule is Cc1ccc(CC(O)C2COC(C)C2)cc1. The molecule has 0 spiro atoms. The molecule has 0 aliphatic carbocycles. The zero-order chi connectivity index (χ0) is 11.5. The van der Waals surface area contributed by atoms with Crippen molar-refractivity contribution < 1.29 is 9.84 Å². The Hall–Kier alpha value is -0.860. The van der Waals surface area contributed by atoms with E-state index in [4.69, 9.17) is 4.74 Å². The second-order valence-electron chi connectivity index (χ2n) is 4.90. The van der Waals surface area contributed by atoms with E-state index in [0.29, 0.717) is 18.6 Å². The number of rotatable bonds is 3. The third-order valence-electron chi connectivity index (χ3n) is 3.34. The van der Waals surface area contributed by atoms with Gasteiger partial charge in [-0.3, -0.25) is 0 Å². The van der Waals surface area contributed by atoms with E-state index in [1.807, 2.05) is 0 Å². The lowest BCUT2D eigenvalue weighted by atomic mass is 9.94. The molecule has 2 nitrogen and oxygen atoms in total. The summed E-state index contributed by atoms with van der Waals surface area (Å²) in [5.41, 5.74) is 2.47. The summed E-state index contributed by atoms with van der Waals surface area (Å²) in [5, 5.41) is 10.1. The van der Waals surface area contributed by atoms with Gasteiger partial charge < -0.3 is 9.84 Å². The normalized spacial score (nSPS) is 26.9. The maximum Gasteiger partial charge on any atom is 0.0631 e. The molecule has 0 radical (unpaired) electrons. The molecule has 0 aromatic heterocycles. The van der Waals surface area contributed by atoms with Crippen LogP contribution in [-0.2, 0) is 11.2 Å². The molecule has 1 aliphatic heterocycles. The third-order valence-corrected chi connectivity index (χ3v) is 3.34.